The Morgan fingerprint density at radius 3 is 2.59 bits per heavy atom. The molecule has 204 valence electrons. The third kappa shape index (κ3) is 3.92. The zero-order valence-electron chi connectivity index (χ0n) is 22.5. The summed E-state index contributed by atoms with van der Waals surface area (Å²) in [5.41, 5.74) is 2.04. The predicted octanol–water partition coefficient (Wildman–Crippen LogP) is 2.78. The van der Waals surface area contributed by atoms with Crippen LogP contribution in [0.1, 0.15) is 49.4 Å². The number of esters is 1. The Balaban J connectivity index is 1.42. The number of nitrogens with zero attached hydrogens (tertiary/aromatic N) is 4. The van der Waals surface area contributed by atoms with E-state index in [4.69, 9.17) is 14.5 Å². The quantitative estimate of drug-likeness (QED) is 0.399. The number of ether oxygens (including phenoxy) is 2. The molecule has 0 saturated carbocycles. The number of carbonyl (C=O) groups excluding carboxylic acids is 2. The summed E-state index contributed by atoms with van der Waals surface area (Å²) in [4.78, 5) is 48.0. The van der Waals surface area contributed by atoms with Crippen molar-refractivity contribution in [2.24, 2.45) is 0 Å². The second-order valence-corrected chi connectivity index (χ2v) is 10.4. The third-order valence-electron chi connectivity index (χ3n) is 8.38. The summed E-state index contributed by atoms with van der Waals surface area (Å²) in [6.45, 7) is 9.75. The van der Waals surface area contributed by atoms with Crippen LogP contribution in [0.25, 0.3) is 22.3 Å². The Labute approximate surface area is 225 Å². The molecule has 6 rings (SSSR count). The van der Waals surface area contributed by atoms with Gasteiger partial charge in [0.1, 0.15) is 12.4 Å². The number of piperazine rings is 1. The van der Waals surface area contributed by atoms with Crippen molar-refractivity contribution in [2.45, 2.75) is 52.4 Å². The summed E-state index contributed by atoms with van der Waals surface area (Å²) in [6.07, 6.45) is 0.419. The average molecular weight is 533 g/mol. The highest BCUT2D eigenvalue weighted by molar-refractivity contribution is 5.93. The Morgan fingerprint density at radius 1 is 1.13 bits per heavy atom. The van der Waals surface area contributed by atoms with Crippen LogP contribution in [-0.2, 0) is 34.7 Å². The van der Waals surface area contributed by atoms with Gasteiger partial charge in [-0.3, -0.25) is 4.79 Å². The Kier molecular flexibility index (Phi) is 6.19. The van der Waals surface area contributed by atoms with Crippen LogP contribution in [0.4, 0.5) is 4.79 Å². The lowest BCUT2D eigenvalue weighted by molar-refractivity contribution is -0.172. The number of aromatic nitrogens is 2. The van der Waals surface area contributed by atoms with Crippen molar-refractivity contribution in [2.75, 3.05) is 32.7 Å². The van der Waals surface area contributed by atoms with Crippen LogP contribution >= 0.6 is 0 Å². The molecule has 3 aliphatic rings. The van der Waals surface area contributed by atoms with Gasteiger partial charge < -0.3 is 28.9 Å². The van der Waals surface area contributed by atoms with Crippen LogP contribution in [0, 0.1) is 0 Å². The Morgan fingerprint density at radius 2 is 1.90 bits per heavy atom. The van der Waals surface area contributed by atoms with Gasteiger partial charge in [-0.15, -0.1) is 0 Å². The van der Waals surface area contributed by atoms with Crippen LogP contribution < -0.4 is 10.3 Å². The summed E-state index contributed by atoms with van der Waals surface area (Å²) in [5, 5.41) is 11.8. The maximum absolute atomic E-state index is 13.5. The van der Waals surface area contributed by atoms with Gasteiger partial charge in [0.2, 0.25) is 0 Å². The van der Waals surface area contributed by atoms with Gasteiger partial charge in [-0.1, -0.05) is 26.8 Å². The summed E-state index contributed by atoms with van der Waals surface area (Å²) < 4.78 is 12.7. The van der Waals surface area contributed by atoms with Crippen molar-refractivity contribution >= 4 is 23.0 Å². The van der Waals surface area contributed by atoms with Crippen molar-refractivity contribution in [1.29, 1.82) is 0 Å². The molecular weight excluding hydrogens is 500 g/mol. The molecule has 5 heterocycles. The van der Waals surface area contributed by atoms with Crippen molar-refractivity contribution in [3.63, 3.8) is 0 Å². The first kappa shape index (κ1) is 25.5. The zero-order chi connectivity index (χ0) is 27.5. The fraction of sp³-hybridized carbons (Fsp3) is 0.448. The van der Waals surface area contributed by atoms with E-state index >= 15 is 0 Å². The number of cyclic esters (lactones) is 1. The highest BCUT2D eigenvalue weighted by atomic mass is 16.6. The minimum atomic E-state index is -1.87. The molecular formula is C29H32N4O6. The van der Waals surface area contributed by atoms with E-state index in [9.17, 15) is 19.5 Å². The topological polar surface area (TPSA) is 114 Å². The Hall–Kier alpha value is -3.76. The van der Waals surface area contributed by atoms with Gasteiger partial charge in [0, 0.05) is 42.7 Å². The number of hydrogen-bond acceptors (Lipinski definition) is 8. The molecule has 39 heavy (non-hydrogen) atoms. The molecule has 1 saturated heterocycles. The smallest absolute Gasteiger partial charge is 0.415 e. The van der Waals surface area contributed by atoms with Gasteiger partial charge in [-0.25, -0.2) is 14.6 Å². The minimum absolute atomic E-state index is 0.0853. The molecule has 10 heteroatoms. The van der Waals surface area contributed by atoms with Gasteiger partial charge in [0.05, 0.1) is 29.0 Å². The minimum Gasteiger partial charge on any atom is -0.458 e. The first-order valence-electron chi connectivity index (χ1n) is 13.6. The number of carbonyl (C=O) groups is 2. The van der Waals surface area contributed by atoms with E-state index in [1.54, 1.807) is 22.5 Å². The lowest BCUT2D eigenvalue weighted by Crippen LogP contribution is -2.49. The second kappa shape index (κ2) is 9.46. The molecule has 0 unspecified atom stereocenters. The fourth-order valence-electron chi connectivity index (χ4n) is 5.88. The number of likely N-dealkylation sites (N-methyl/N-ethyl adjacent to an activating group) is 1. The summed E-state index contributed by atoms with van der Waals surface area (Å²) in [7, 11) is 0. The van der Waals surface area contributed by atoms with Gasteiger partial charge >= 0.3 is 12.1 Å². The van der Waals surface area contributed by atoms with Gasteiger partial charge in [0.25, 0.3) is 5.56 Å². The highest BCUT2D eigenvalue weighted by Crippen LogP contribution is 2.40. The molecule has 0 aliphatic carbocycles. The van der Waals surface area contributed by atoms with Crippen LogP contribution in [0.5, 0.6) is 5.75 Å². The zero-order valence-corrected chi connectivity index (χ0v) is 22.5. The van der Waals surface area contributed by atoms with Crippen LogP contribution in [0.15, 0.2) is 29.1 Å². The van der Waals surface area contributed by atoms with E-state index in [1.807, 2.05) is 25.1 Å². The van der Waals surface area contributed by atoms with Crippen molar-refractivity contribution in [1.82, 2.24) is 19.4 Å². The standard InChI is InChI=1S/C29H32N4O6/c1-4-17-7-8-23(39-28(36)32-11-9-31(6-3)10-12-32)19-13-18-15-33-22(25(18)30-24(17)19)14-21-20(26(33)34)16-38-27(35)29(21,37)5-2/h7-8,13-14,37H,4-6,9-12,15-16H2,1-3H3/t29-/m0/s1. The Bertz CT molecular complexity index is 1570. The predicted molar refractivity (Wildman–Crippen MR) is 144 cm³/mol. The van der Waals surface area contributed by atoms with E-state index in [-0.39, 0.29) is 42.4 Å². The van der Waals surface area contributed by atoms with E-state index in [2.05, 4.69) is 11.8 Å². The number of fused-ring (bicyclic) bond motifs is 5. The molecule has 1 aromatic carbocycles. The second-order valence-electron chi connectivity index (χ2n) is 10.4. The van der Waals surface area contributed by atoms with Crippen LogP contribution in [0.2, 0.25) is 0 Å². The molecule has 1 atom stereocenters. The lowest BCUT2D eigenvalue weighted by atomic mass is 9.86. The largest absolute Gasteiger partial charge is 0.458 e. The lowest BCUT2D eigenvalue weighted by Gasteiger charge is -2.33. The van der Waals surface area contributed by atoms with Crippen molar-refractivity contribution < 1.29 is 24.2 Å². The molecule has 0 bridgehead atoms. The number of aryl methyl sites for hydroxylation is 1. The maximum atomic E-state index is 13.5. The summed E-state index contributed by atoms with van der Waals surface area (Å²) in [5.74, 6) is -0.315. The molecule has 3 aromatic rings. The van der Waals surface area contributed by atoms with Gasteiger partial charge in [0.15, 0.2) is 5.60 Å². The number of rotatable bonds is 4. The maximum Gasteiger partial charge on any atom is 0.415 e. The number of aliphatic hydroxyl groups is 1. The number of hydrogen-bond donors (Lipinski definition) is 1. The van der Waals surface area contributed by atoms with Crippen molar-refractivity contribution in [3.05, 3.63) is 56.9 Å². The number of pyridine rings is 2. The average Bonchev–Trinajstić information content (AvgIpc) is 3.32. The molecule has 1 fully saturated rings. The van der Waals surface area contributed by atoms with Crippen LogP contribution in [-0.4, -0.2) is 69.2 Å². The molecule has 1 N–H and O–H groups in total. The molecule has 3 aliphatic heterocycles. The van der Waals surface area contributed by atoms with E-state index in [0.717, 1.165) is 30.8 Å². The van der Waals surface area contributed by atoms with E-state index in [0.29, 0.717) is 47.6 Å². The molecule has 0 spiro atoms. The monoisotopic (exact) mass is 532 g/mol. The third-order valence-corrected chi connectivity index (χ3v) is 8.38. The van der Waals surface area contributed by atoms with E-state index < -0.39 is 11.6 Å². The highest BCUT2D eigenvalue weighted by Gasteiger charge is 2.45. The first-order valence-corrected chi connectivity index (χ1v) is 13.6. The SMILES string of the molecule is CCc1ccc(OC(=O)N2CCN(CC)CC2)c2cc3c(nc12)-c1cc2c(c(=O)n1C3)COC(=O)[C@]2(O)CC. The fourth-order valence-corrected chi connectivity index (χ4v) is 5.88. The van der Waals surface area contributed by atoms with Gasteiger partial charge in [-0.2, -0.15) is 0 Å². The van der Waals surface area contributed by atoms with Crippen LogP contribution in [0.3, 0.4) is 0 Å². The van der Waals surface area contributed by atoms with Gasteiger partial charge in [-0.05, 0) is 43.1 Å². The molecule has 0 radical (unpaired) electrons. The van der Waals surface area contributed by atoms with Crippen molar-refractivity contribution in [3.8, 4) is 17.1 Å². The summed E-state index contributed by atoms with van der Waals surface area (Å²) in [6, 6.07) is 7.37. The first-order chi connectivity index (χ1) is 18.8. The number of amides is 1. The number of benzene rings is 1. The molecule has 10 nitrogen and oxygen atoms in total. The van der Waals surface area contributed by atoms with E-state index in [1.165, 1.54) is 0 Å². The molecule has 2 aromatic heterocycles. The normalized spacial score (nSPS) is 20.4. The molecule has 1 amide bonds. The summed E-state index contributed by atoms with van der Waals surface area (Å²) >= 11 is 0.